The van der Waals surface area contributed by atoms with Gasteiger partial charge in [-0.25, -0.2) is 18.4 Å². The van der Waals surface area contributed by atoms with Gasteiger partial charge in [-0.3, -0.25) is 0 Å². The summed E-state index contributed by atoms with van der Waals surface area (Å²) in [6, 6.07) is 9.56. The molecular formula is C27H34F2N2O4. The second-order valence-electron chi connectivity index (χ2n) is 8.50. The van der Waals surface area contributed by atoms with Gasteiger partial charge in [0.1, 0.15) is 17.4 Å². The average molecular weight is 489 g/mol. The number of allylic oxidation sites excluding steroid dienone is 1. The number of unbranched alkanes of at least 4 members (excludes halogenated alkanes) is 2. The SMILES string of the molecule is CCCC/C=C/CN(CCc1ccc(OC(C)(CC)C(=O)O)cc1)C(=O)Nc1ccc(F)cc1F. The Kier molecular flexibility index (Phi) is 10.7. The van der Waals surface area contributed by atoms with Gasteiger partial charge in [0.15, 0.2) is 0 Å². The quantitative estimate of drug-likeness (QED) is 0.252. The minimum absolute atomic E-state index is 0.0877. The van der Waals surface area contributed by atoms with Gasteiger partial charge in [-0.2, -0.15) is 0 Å². The maximum Gasteiger partial charge on any atom is 0.347 e. The predicted molar refractivity (Wildman–Crippen MR) is 133 cm³/mol. The molecule has 35 heavy (non-hydrogen) atoms. The molecule has 0 fully saturated rings. The number of halogens is 2. The van der Waals surface area contributed by atoms with Crippen molar-refractivity contribution in [2.45, 2.75) is 58.5 Å². The van der Waals surface area contributed by atoms with Gasteiger partial charge in [-0.1, -0.05) is 51.0 Å². The number of hydrogen-bond donors (Lipinski definition) is 2. The lowest BCUT2D eigenvalue weighted by Gasteiger charge is -2.25. The normalized spacial score (nSPS) is 12.8. The molecule has 2 aromatic carbocycles. The van der Waals surface area contributed by atoms with E-state index in [4.69, 9.17) is 4.74 Å². The summed E-state index contributed by atoms with van der Waals surface area (Å²) in [6.07, 6.45) is 7.79. The molecule has 0 saturated heterocycles. The third-order valence-corrected chi connectivity index (χ3v) is 5.74. The van der Waals surface area contributed by atoms with Crippen LogP contribution < -0.4 is 10.1 Å². The van der Waals surface area contributed by atoms with Crippen LogP contribution in [0.2, 0.25) is 0 Å². The van der Waals surface area contributed by atoms with Gasteiger partial charge in [0.2, 0.25) is 5.60 Å². The zero-order valence-electron chi connectivity index (χ0n) is 20.5. The van der Waals surface area contributed by atoms with E-state index < -0.39 is 29.2 Å². The van der Waals surface area contributed by atoms with Gasteiger partial charge < -0.3 is 20.1 Å². The standard InChI is InChI=1S/C27H34F2N2O4/c1-4-6-7-8-9-17-31(26(34)30-24-15-12-21(28)19-23(24)29)18-16-20-10-13-22(14-11-20)35-27(3,5-2)25(32)33/h8-15,19H,4-7,16-18H2,1-3H3,(H,30,34)(H,32,33)/b9-8+. The molecule has 8 heteroatoms. The molecule has 2 aromatic rings. The van der Waals surface area contributed by atoms with Gasteiger partial charge in [-0.15, -0.1) is 0 Å². The number of rotatable bonds is 13. The first kappa shape index (κ1) is 27.8. The molecule has 2 rings (SSSR count). The van der Waals surface area contributed by atoms with E-state index >= 15 is 0 Å². The first-order chi connectivity index (χ1) is 16.7. The highest BCUT2D eigenvalue weighted by atomic mass is 19.1. The van der Waals surface area contributed by atoms with Crippen molar-refractivity contribution >= 4 is 17.7 Å². The summed E-state index contributed by atoms with van der Waals surface area (Å²) >= 11 is 0. The van der Waals surface area contributed by atoms with Crippen LogP contribution in [0.3, 0.4) is 0 Å². The van der Waals surface area contributed by atoms with Crippen molar-refractivity contribution in [3.05, 3.63) is 71.8 Å². The third-order valence-electron chi connectivity index (χ3n) is 5.74. The number of nitrogens with zero attached hydrogens (tertiary/aromatic N) is 1. The average Bonchev–Trinajstić information content (AvgIpc) is 2.83. The van der Waals surface area contributed by atoms with Crippen LogP contribution in [0.15, 0.2) is 54.6 Å². The molecule has 0 heterocycles. The Morgan fingerprint density at radius 2 is 1.83 bits per heavy atom. The van der Waals surface area contributed by atoms with E-state index in [2.05, 4.69) is 12.2 Å². The lowest BCUT2D eigenvalue weighted by molar-refractivity contribution is -0.154. The molecule has 2 amide bonds. The lowest BCUT2D eigenvalue weighted by atomic mass is 10.0. The van der Waals surface area contributed by atoms with E-state index in [1.165, 1.54) is 13.0 Å². The van der Waals surface area contributed by atoms with E-state index in [0.29, 0.717) is 31.7 Å². The van der Waals surface area contributed by atoms with E-state index in [9.17, 15) is 23.5 Å². The fourth-order valence-electron chi connectivity index (χ4n) is 3.22. The molecule has 0 radical (unpaired) electrons. The third kappa shape index (κ3) is 8.70. The molecule has 1 unspecified atom stereocenters. The Labute approximate surface area is 205 Å². The number of urea groups is 1. The molecule has 0 aliphatic carbocycles. The van der Waals surface area contributed by atoms with E-state index in [-0.39, 0.29) is 5.69 Å². The molecule has 6 nitrogen and oxygen atoms in total. The minimum Gasteiger partial charge on any atom is -0.478 e. The molecule has 0 bridgehead atoms. The van der Waals surface area contributed by atoms with E-state index in [1.807, 2.05) is 24.3 Å². The topological polar surface area (TPSA) is 78.9 Å². The highest BCUT2D eigenvalue weighted by Crippen LogP contribution is 2.22. The highest BCUT2D eigenvalue weighted by molar-refractivity contribution is 5.89. The summed E-state index contributed by atoms with van der Waals surface area (Å²) in [6.45, 7) is 6.07. The van der Waals surface area contributed by atoms with Crippen LogP contribution in [0.1, 0.15) is 52.0 Å². The van der Waals surface area contributed by atoms with E-state index in [0.717, 1.165) is 37.0 Å². The first-order valence-electron chi connectivity index (χ1n) is 11.9. The number of hydrogen-bond acceptors (Lipinski definition) is 3. The fraction of sp³-hybridized carbons (Fsp3) is 0.407. The molecule has 0 aromatic heterocycles. The smallest absolute Gasteiger partial charge is 0.347 e. The minimum atomic E-state index is -1.31. The molecule has 190 valence electrons. The predicted octanol–water partition coefficient (Wildman–Crippen LogP) is 6.42. The molecule has 0 saturated carbocycles. The van der Waals surface area contributed by atoms with Crippen LogP contribution >= 0.6 is 0 Å². The second kappa shape index (κ2) is 13.5. The Morgan fingerprint density at radius 3 is 2.43 bits per heavy atom. The summed E-state index contributed by atoms with van der Waals surface area (Å²) in [5, 5.41) is 11.9. The van der Waals surface area contributed by atoms with Crippen LogP contribution in [-0.2, 0) is 11.2 Å². The van der Waals surface area contributed by atoms with E-state index in [1.54, 1.807) is 24.0 Å². The molecule has 2 N–H and O–H groups in total. The maximum absolute atomic E-state index is 14.0. The Hall–Kier alpha value is -3.42. The number of benzene rings is 2. The summed E-state index contributed by atoms with van der Waals surface area (Å²) in [7, 11) is 0. The summed E-state index contributed by atoms with van der Waals surface area (Å²) in [4.78, 5) is 25.9. The number of ether oxygens (including phenoxy) is 1. The number of aliphatic carboxylic acids is 1. The van der Waals surface area contributed by atoms with Crippen molar-refractivity contribution < 1.29 is 28.2 Å². The number of nitrogens with one attached hydrogen (secondary N) is 1. The highest BCUT2D eigenvalue weighted by Gasteiger charge is 2.33. The second-order valence-corrected chi connectivity index (χ2v) is 8.50. The summed E-state index contributed by atoms with van der Waals surface area (Å²) < 4.78 is 32.9. The molecule has 1 atom stereocenters. The van der Waals surface area contributed by atoms with Crippen LogP contribution in [0.5, 0.6) is 5.75 Å². The van der Waals surface area contributed by atoms with Crippen molar-refractivity contribution in [3.8, 4) is 5.75 Å². The molecular weight excluding hydrogens is 454 g/mol. The number of carbonyl (C=O) groups is 2. The van der Waals surface area contributed by atoms with Gasteiger partial charge in [-0.05, 0) is 56.0 Å². The van der Waals surface area contributed by atoms with Crippen molar-refractivity contribution in [2.24, 2.45) is 0 Å². The molecule has 0 aliphatic heterocycles. The van der Waals surface area contributed by atoms with Gasteiger partial charge in [0, 0.05) is 19.2 Å². The Balaban J connectivity index is 2.06. The van der Waals surface area contributed by atoms with Gasteiger partial charge in [0.05, 0.1) is 5.69 Å². The van der Waals surface area contributed by atoms with Gasteiger partial charge >= 0.3 is 12.0 Å². The summed E-state index contributed by atoms with van der Waals surface area (Å²) in [5.74, 6) is -2.14. The first-order valence-corrected chi connectivity index (χ1v) is 11.9. The monoisotopic (exact) mass is 488 g/mol. The number of amides is 2. The number of anilines is 1. The van der Waals surface area contributed by atoms with Crippen LogP contribution in [-0.4, -0.2) is 40.7 Å². The van der Waals surface area contributed by atoms with Crippen molar-refractivity contribution in [2.75, 3.05) is 18.4 Å². The largest absolute Gasteiger partial charge is 0.478 e. The zero-order valence-corrected chi connectivity index (χ0v) is 20.5. The lowest BCUT2D eigenvalue weighted by Crippen LogP contribution is -2.40. The van der Waals surface area contributed by atoms with Crippen molar-refractivity contribution in [3.63, 3.8) is 0 Å². The van der Waals surface area contributed by atoms with Crippen molar-refractivity contribution in [1.29, 1.82) is 0 Å². The Bertz CT molecular complexity index is 1010. The van der Waals surface area contributed by atoms with Crippen LogP contribution in [0.4, 0.5) is 19.3 Å². The van der Waals surface area contributed by atoms with Crippen molar-refractivity contribution in [1.82, 2.24) is 4.90 Å². The Morgan fingerprint density at radius 1 is 1.11 bits per heavy atom. The fourth-order valence-corrected chi connectivity index (χ4v) is 3.22. The number of carbonyl (C=O) groups excluding carboxylic acids is 1. The van der Waals surface area contributed by atoms with Crippen LogP contribution in [0.25, 0.3) is 0 Å². The number of carboxylic acid groups (broad SMARTS) is 1. The molecule has 0 aliphatic rings. The van der Waals surface area contributed by atoms with Gasteiger partial charge in [0.25, 0.3) is 0 Å². The number of carboxylic acids is 1. The summed E-state index contributed by atoms with van der Waals surface area (Å²) in [5.41, 5.74) is -0.474. The molecule has 0 spiro atoms. The maximum atomic E-state index is 14.0. The van der Waals surface area contributed by atoms with Crippen LogP contribution in [0, 0.1) is 11.6 Å². The zero-order chi connectivity index (χ0) is 25.8.